The van der Waals surface area contributed by atoms with Crippen LogP contribution in [0.3, 0.4) is 0 Å². The highest BCUT2D eigenvalue weighted by atomic mass is 16.1. The van der Waals surface area contributed by atoms with E-state index in [2.05, 4.69) is 26.4 Å². The van der Waals surface area contributed by atoms with Gasteiger partial charge in [-0.3, -0.25) is 14.4 Å². The van der Waals surface area contributed by atoms with Crippen LogP contribution >= 0.6 is 0 Å². The number of carbonyl (C=O) groups excluding carboxylic acids is 1. The molecule has 3 heterocycles. The van der Waals surface area contributed by atoms with E-state index in [4.69, 9.17) is 0 Å². The number of nitrogens with one attached hydrogen (secondary N) is 1. The van der Waals surface area contributed by atoms with Crippen LogP contribution in [0.15, 0.2) is 18.5 Å². The summed E-state index contributed by atoms with van der Waals surface area (Å²) in [6, 6.07) is 4.29. The fraction of sp³-hybridized carbons (Fsp3) is 0.562. The van der Waals surface area contributed by atoms with Gasteiger partial charge in [-0.05, 0) is 31.5 Å². The van der Waals surface area contributed by atoms with Crippen LogP contribution in [-0.4, -0.2) is 43.7 Å². The third-order valence-electron chi connectivity index (χ3n) is 4.73. The van der Waals surface area contributed by atoms with Crippen LogP contribution in [0.4, 0.5) is 0 Å². The first-order valence-corrected chi connectivity index (χ1v) is 8.06. The molecule has 0 spiro atoms. The van der Waals surface area contributed by atoms with Crippen molar-refractivity contribution in [1.82, 2.24) is 29.5 Å². The molecule has 2 aromatic rings. The number of piperidine rings is 1. The van der Waals surface area contributed by atoms with Gasteiger partial charge in [-0.1, -0.05) is 6.42 Å². The Hall–Kier alpha value is -2.15. The van der Waals surface area contributed by atoms with Crippen molar-refractivity contribution < 1.29 is 4.79 Å². The van der Waals surface area contributed by atoms with Gasteiger partial charge in [0.2, 0.25) is 0 Å². The number of nitrogens with zero attached hydrogens (tertiary/aromatic N) is 5. The number of hydrogen-bond acceptors (Lipinski definition) is 4. The van der Waals surface area contributed by atoms with Gasteiger partial charge in [-0.2, -0.15) is 5.10 Å². The molecule has 1 N–H and O–H groups in total. The van der Waals surface area contributed by atoms with Gasteiger partial charge in [0.05, 0.1) is 12.6 Å². The van der Waals surface area contributed by atoms with Crippen molar-refractivity contribution in [3.63, 3.8) is 0 Å². The van der Waals surface area contributed by atoms with Crippen molar-refractivity contribution >= 4 is 5.91 Å². The van der Waals surface area contributed by atoms with E-state index in [-0.39, 0.29) is 5.91 Å². The summed E-state index contributed by atoms with van der Waals surface area (Å²) in [5.74, 6) is 0.923. The Morgan fingerprint density at radius 3 is 2.87 bits per heavy atom. The maximum Gasteiger partial charge on any atom is 0.267 e. The molecular formula is C16H24N6O. The van der Waals surface area contributed by atoms with Gasteiger partial charge >= 0.3 is 0 Å². The molecule has 1 fully saturated rings. The van der Waals surface area contributed by atoms with Crippen LogP contribution in [0.2, 0.25) is 0 Å². The number of amides is 1. The number of aromatic nitrogens is 4. The average molecular weight is 316 g/mol. The molecule has 1 amide bonds. The van der Waals surface area contributed by atoms with E-state index < -0.39 is 0 Å². The molecule has 7 nitrogen and oxygen atoms in total. The quantitative estimate of drug-likeness (QED) is 0.921. The Labute approximate surface area is 136 Å². The lowest BCUT2D eigenvalue weighted by atomic mass is 9.99. The van der Waals surface area contributed by atoms with Crippen LogP contribution < -0.4 is 5.32 Å². The summed E-state index contributed by atoms with van der Waals surface area (Å²) in [7, 11) is 5.55. The van der Waals surface area contributed by atoms with E-state index in [9.17, 15) is 4.79 Å². The minimum Gasteiger partial charge on any atom is -0.354 e. The van der Waals surface area contributed by atoms with Gasteiger partial charge in [0.15, 0.2) is 0 Å². The van der Waals surface area contributed by atoms with E-state index in [1.807, 2.05) is 29.4 Å². The zero-order valence-corrected chi connectivity index (χ0v) is 14.0. The Kier molecular flexibility index (Phi) is 4.47. The maximum absolute atomic E-state index is 11.9. The van der Waals surface area contributed by atoms with Gasteiger partial charge in [-0.15, -0.1) is 0 Å². The normalized spacial score (nSPS) is 19.0. The van der Waals surface area contributed by atoms with Crippen LogP contribution in [0.1, 0.15) is 47.3 Å². The highest BCUT2D eigenvalue weighted by Gasteiger charge is 2.28. The molecular weight excluding hydrogens is 292 g/mol. The van der Waals surface area contributed by atoms with E-state index in [1.54, 1.807) is 13.4 Å². The third-order valence-corrected chi connectivity index (χ3v) is 4.73. The molecule has 0 aromatic carbocycles. The minimum atomic E-state index is -0.0468. The maximum atomic E-state index is 11.9. The molecule has 0 aliphatic carbocycles. The largest absolute Gasteiger partial charge is 0.354 e. The molecule has 0 unspecified atom stereocenters. The second kappa shape index (κ2) is 6.54. The Bertz CT molecular complexity index is 689. The molecule has 0 bridgehead atoms. The second-order valence-electron chi connectivity index (χ2n) is 6.06. The minimum absolute atomic E-state index is 0.0468. The van der Waals surface area contributed by atoms with Crippen molar-refractivity contribution in [2.45, 2.75) is 31.8 Å². The first-order valence-electron chi connectivity index (χ1n) is 8.06. The van der Waals surface area contributed by atoms with Crippen LogP contribution in [0.5, 0.6) is 0 Å². The molecule has 23 heavy (non-hydrogen) atoms. The fourth-order valence-corrected chi connectivity index (χ4v) is 3.38. The molecule has 3 rings (SSSR count). The monoisotopic (exact) mass is 316 g/mol. The molecule has 0 radical (unpaired) electrons. The van der Waals surface area contributed by atoms with Gasteiger partial charge in [0.25, 0.3) is 5.91 Å². The summed E-state index contributed by atoms with van der Waals surface area (Å²) in [5, 5.41) is 6.86. The van der Waals surface area contributed by atoms with Crippen LogP contribution in [0, 0.1) is 0 Å². The summed E-state index contributed by atoms with van der Waals surface area (Å²) in [6.45, 7) is 1.82. The smallest absolute Gasteiger partial charge is 0.267 e. The SMILES string of the molecule is CNC(=O)c1ccc([C@H]2CCCCN2Cc2ncnn2C)n1C. The molecule has 1 aliphatic rings. The zero-order valence-electron chi connectivity index (χ0n) is 14.0. The summed E-state index contributed by atoms with van der Waals surface area (Å²) in [5.41, 5.74) is 1.89. The highest BCUT2D eigenvalue weighted by Crippen LogP contribution is 2.32. The lowest BCUT2D eigenvalue weighted by Gasteiger charge is -2.35. The van der Waals surface area contributed by atoms with Crippen molar-refractivity contribution in [2.75, 3.05) is 13.6 Å². The predicted octanol–water partition coefficient (Wildman–Crippen LogP) is 1.24. The predicted molar refractivity (Wildman–Crippen MR) is 86.8 cm³/mol. The third kappa shape index (κ3) is 3.01. The summed E-state index contributed by atoms with van der Waals surface area (Å²) >= 11 is 0. The number of aryl methyl sites for hydroxylation is 1. The first kappa shape index (κ1) is 15.7. The van der Waals surface area contributed by atoms with Crippen molar-refractivity contribution in [3.05, 3.63) is 35.7 Å². The summed E-state index contributed by atoms with van der Waals surface area (Å²) < 4.78 is 3.84. The number of likely N-dealkylation sites (tertiary alicyclic amines) is 1. The standard InChI is InChI=1S/C16H24N6O/c1-17-16(23)14-8-7-12(20(14)2)13-6-4-5-9-22(13)10-15-18-11-19-21(15)3/h7-8,11,13H,4-6,9-10H2,1-3H3,(H,17,23)/t13-/m1/s1. The molecule has 1 atom stereocenters. The molecule has 2 aromatic heterocycles. The van der Waals surface area contributed by atoms with Gasteiger partial charge < -0.3 is 9.88 Å². The molecule has 7 heteroatoms. The molecule has 1 saturated heterocycles. The number of carbonyl (C=O) groups is 1. The van der Waals surface area contributed by atoms with Gasteiger partial charge in [0, 0.05) is 26.8 Å². The van der Waals surface area contributed by atoms with E-state index >= 15 is 0 Å². The van der Waals surface area contributed by atoms with E-state index in [1.165, 1.54) is 18.5 Å². The Morgan fingerprint density at radius 2 is 2.17 bits per heavy atom. The number of hydrogen-bond donors (Lipinski definition) is 1. The van der Waals surface area contributed by atoms with Gasteiger partial charge in [0.1, 0.15) is 17.8 Å². The molecule has 0 saturated carbocycles. The average Bonchev–Trinajstić information content (AvgIpc) is 3.14. The van der Waals surface area contributed by atoms with Gasteiger partial charge in [-0.25, -0.2) is 4.98 Å². The lowest BCUT2D eigenvalue weighted by Crippen LogP contribution is -2.35. The lowest BCUT2D eigenvalue weighted by molar-refractivity contribution is 0.0952. The molecule has 124 valence electrons. The Morgan fingerprint density at radius 1 is 1.35 bits per heavy atom. The zero-order chi connectivity index (χ0) is 16.4. The number of rotatable bonds is 4. The first-order chi connectivity index (χ1) is 11.1. The summed E-state index contributed by atoms with van der Waals surface area (Å²) in [6.07, 6.45) is 5.10. The summed E-state index contributed by atoms with van der Waals surface area (Å²) in [4.78, 5) is 18.7. The van der Waals surface area contributed by atoms with Crippen molar-refractivity contribution in [2.24, 2.45) is 14.1 Å². The van der Waals surface area contributed by atoms with E-state index in [0.717, 1.165) is 25.3 Å². The van der Waals surface area contributed by atoms with Crippen LogP contribution in [-0.2, 0) is 20.6 Å². The van der Waals surface area contributed by atoms with Crippen LogP contribution in [0.25, 0.3) is 0 Å². The topological polar surface area (TPSA) is 68.0 Å². The highest BCUT2D eigenvalue weighted by molar-refractivity contribution is 5.92. The van der Waals surface area contributed by atoms with E-state index in [0.29, 0.717) is 11.7 Å². The fourth-order valence-electron chi connectivity index (χ4n) is 3.38. The van der Waals surface area contributed by atoms with Crippen molar-refractivity contribution in [1.29, 1.82) is 0 Å². The Balaban J connectivity index is 1.85. The molecule has 1 aliphatic heterocycles. The second-order valence-corrected chi connectivity index (χ2v) is 6.06. The van der Waals surface area contributed by atoms with Crippen molar-refractivity contribution in [3.8, 4) is 0 Å².